The molecule has 1 amide bonds. The molecule has 2 aromatic carbocycles. The van der Waals surface area contributed by atoms with E-state index in [1.54, 1.807) is 17.8 Å². The molecule has 1 heterocycles. The molecule has 0 N–H and O–H groups in total. The Morgan fingerprint density at radius 3 is 2.78 bits per heavy atom. The zero-order valence-corrected chi connectivity index (χ0v) is 16.6. The minimum atomic E-state index is -0.00792. The molecule has 1 aliphatic heterocycles. The van der Waals surface area contributed by atoms with Gasteiger partial charge in [-0.2, -0.15) is 17.0 Å². The highest BCUT2D eigenvalue weighted by atomic mass is 32.2. The third-order valence-corrected chi connectivity index (χ3v) is 5.38. The number of aryl methyl sites for hydroxylation is 1. The lowest BCUT2D eigenvalue weighted by molar-refractivity contribution is -0.139. The lowest BCUT2D eigenvalue weighted by atomic mass is 9.96. The first-order valence-corrected chi connectivity index (χ1v) is 10.6. The van der Waals surface area contributed by atoms with Gasteiger partial charge in [-0.25, -0.2) is 0 Å². The number of hydrogen-bond donors (Lipinski definition) is 0. The maximum atomic E-state index is 12.0. The summed E-state index contributed by atoms with van der Waals surface area (Å²) in [5.41, 5.74) is 3.95. The van der Waals surface area contributed by atoms with E-state index in [2.05, 4.69) is 25.1 Å². The molecule has 3 rings (SSSR count). The van der Waals surface area contributed by atoms with Crippen LogP contribution >= 0.6 is 11.8 Å². The van der Waals surface area contributed by atoms with E-state index in [9.17, 15) is 10.1 Å². The van der Waals surface area contributed by atoms with Crippen molar-refractivity contribution in [2.75, 3.05) is 25.1 Å². The van der Waals surface area contributed by atoms with Crippen molar-refractivity contribution < 1.29 is 9.53 Å². The van der Waals surface area contributed by atoms with Gasteiger partial charge in [0.2, 0.25) is 5.91 Å². The number of likely N-dealkylation sites (tertiary alicyclic amines) is 1. The van der Waals surface area contributed by atoms with E-state index in [1.807, 2.05) is 35.4 Å². The van der Waals surface area contributed by atoms with Crippen LogP contribution in [0.1, 0.15) is 24.5 Å². The quantitative estimate of drug-likeness (QED) is 0.725. The van der Waals surface area contributed by atoms with Gasteiger partial charge in [-0.1, -0.05) is 31.2 Å². The largest absolute Gasteiger partial charge is 0.487 e. The molecule has 0 saturated carbocycles. The summed E-state index contributed by atoms with van der Waals surface area (Å²) in [4.78, 5) is 13.8. The first kappa shape index (κ1) is 19.3. The fourth-order valence-electron chi connectivity index (χ4n) is 3.25. The summed E-state index contributed by atoms with van der Waals surface area (Å²) in [6.45, 7) is 3.36. The molecule has 0 atom stereocenters. The van der Waals surface area contributed by atoms with Gasteiger partial charge in [0.1, 0.15) is 11.9 Å². The molecule has 0 radical (unpaired) electrons. The van der Waals surface area contributed by atoms with Crippen LogP contribution in [0.2, 0.25) is 0 Å². The van der Waals surface area contributed by atoms with Gasteiger partial charge in [-0.05, 0) is 47.6 Å². The maximum Gasteiger partial charge on any atom is 0.223 e. The van der Waals surface area contributed by atoms with E-state index < -0.39 is 0 Å². The summed E-state index contributed by atoms with van der Waals surface area (Å²) < 4.78 is 6.06. The van der Waals surface area contributed by atoms with Gasteiger partial charge in [0.05, 0.1) is 24.7 Å². The molecule has 27 heavy (non-hydrogen) atoms. The molecule has 0 unspecified atom stereocenters. The Bertz CT molecular complexity index is 854. The lowest BCUT2D eigenvalue weighted by Gasteiger charge is -2.39. The molecule has 0 aromatic heterocycles. The third kappa shape index (κ3) is 4.64. The summed E-state index contributed by atoms with van der Waals surface area (Å²) in [5.74, 6) is 1.73. The number of amides is 1. The van der Waals surface area contributed by atoms with Crippen molar-refractivity contribution in [2.45, 2.75) is 25.9 Å². The Morgan fingerprint density at radius 1 is 1.30 bits per heavy atom. The molecule has 140 valence electrons. The fourth-order valence-corrected chi connectivity index (χ4v) is 3.63. The molecule has 1 aliphatic rings. The molecule has 1 fully saturated rings. The van der Waals surface area contributed by atoms with E-state index in [-0.39, 0.29) is 12.0 Å². The zero-order valence-electron chi connectivity index (χ0n) is 15.8. The smallest absolute Gasteiger partial charge is 0.223 e. The van der Waals surface area contributed by atoms with E-state index >= 15 is 0 Å². The summed E-state index contributed by atoms with van der Waals surface area (Å²) in [7, 11) is 0. The molecule has 0 bridgehead atoms. The van der Waals surface area contributed by atoms with Crippen molar-refractivity contribution >= 4 is 17.7 Å². The number of hydrogen-bond acceptors (Lipinski definition) is 4. The average molecular weight is 381 g/mol. The Balaban J connectivity index is 1.72. The molecule has 0 spiro atoms. The standard InChI is InChI=1S/C22H24N2O2S/c1-3-17-6-4-5-7-21(17)18-10-16(13-23)11-19(12-18)26-20-14-24(15-20)22(25)8-9-27-2/h4-7,10-12,20H,3,8-9,14-15H2,1-2H3. The number of thioether (sulfide) groups is 1. The van der Waals surface area contributed by atoms with Crippen LogP contribution in [0.3, 0.4) is 0 Å². The normalized spacial score (nSPS) is 13.7. The van der Waals surface area contributed by atoms with Gasteiger partial charge in [0.25, 0.3) is 0 Å². The summed E-state index contributed by atoms with van der Waals surface area (Å²) in [6.07, 6.45) is 3.51. The Labute approximate surface area is 165 Å². The van der Waals surface area contributed by atoms with Crippen molar-refractivity contribution in [3.8, 4) is 22.9 Å². The summed E-state index contributed by atoms with van der Waals surface area (Å²) in [5, 5.41) is 9.40. The second kappa shape index (κ2) is 8.96. The van der Waals surface area contributed by atoms with Crippen LogP contribution in [0.5, 0.6) is 5.75 Å². The zero-order chi connectivity index (χ0) is 19.2. The monoisotopic (exact) mass is 380 g/mol. The van der Waals surface area contributed by atoms with Crippen LogP contribution in [0.15, 0.2) is 42.5 Å². The first-order valence-electron chi connectivity index (χ1n) is 9.21. The van der Waals surface area contributed by atoms with Crippen LogP contribution in [-0.2, 0) is 11.2 Å². The van der Waals surface area contributed by atoms with Gasteiger partial charge in [-0.15, -0.1) is 0 Å². The van der Waals surface area contributed by atoms with Crippen LogP contribution in [0.25, 0.3) is 11.1 Å². The number of benzene rings is 2. The van der Waals surface area contributed by atoms with Crippen LogP contribution < -0.4 is 4.74 Å². The van der Waals surface area contributed by atoms with Crippen LogP contribution in [-0.4, -0.2) is 42.0 Å². The second-order valence-corrected chi connectivity index (χ2v) is 7.64. The molecule has 2 aromatic rings. The Morgan fingerprint density at radius 2 is 2.07 bits per heavy atom. The van der Waals surface area contributed by atoms with Crippen molar-refractivity contribution in [1.29, 1.82) is 5.26 Å². The maximum absolute atomic E-state index is 12.0. The van der Waals surface area contributed by atoms with Gasteiger partial charge in [-0.3, -0.25) is 4.79 Å². The fraction of sp³-hybridized carbons (Fsp3) is 0.364. The summed E-state index contributed by atoms with van der Waals surface area (Å²) >= 11 is 1.68. The SMILES string of the molecule is CCc1ccccc1-c1cc(C#N)cc(OC2CN(C(=O)CCSC)C2)c1. The first-order chi connectivity index (χ1) is 13.1. The second-order valence-electron chi connectivity index (χ2n) is 6.65. The van der Waals surface area contributed by atoms with E-state index in [4.69, 9.17) is 4.74 Å². The Kier molecular flexibility index (Phi) is 6.41. The predicted molar refractivity (Wildman–Crippen MR) is 110 cm³/mol. The van der Waals surface area contributed by atoms with Crippen LogP contribution in [0, 0.1) is 11.3 Å². The minimum absolute atomic E-state index is 0.00792. The molecular formula is C22H24N2O2S. The number of nitrogens with zero attached hydrogens (tertiary/aromatic N) is 2. The van der Waals surface area contributed by atoms with Gasteiger partial charge in [0, 0.05) is 12.2 Å². The van der Waals surface area contributed by atoms with Crippen LogP contribution in [0.4, 0.5) is 0 Å². The van der Waals surface area contributed by atoms with Crippen molar-refractivity contribution in [3.05, 3.63) is 53.6 Å². The third-order valence-electron chi connectivity index (χ3n) is 4.77. The van der Waals surface area contributed by atoms with Crippen molar-refractivity contribution in [2.24, 2.45) is 0 Å². The topological polar surface area (TPSA) is 53.3 Å². The lowest BCUT2D eigenvalue weighted by Crippen LogP contribution is -2.56. The van der Waals surface area contributed by atoms with E-state index in [0.29, 0.717) is 30.8 Å². The van der Waals surface area contributed by atoms with Crippen molar-refractivity contribution in [1.82, 2.24) is 4.90 Å². The number of nitriles is 1. The average Bonchev–Trinajstić information content (AvgIpc) is 2.68. The molecule has 1 saturated heterocycles. The minimum Gasteiger partial charge on any atom is -0.487 e. The highest BCUT2D eigenvalue weighted by Crippen LogP contribution is 2.30. The Hall–Kier alpha value is -2.45. The molecular weight excluding hydrogens is 356 g/mol. The number of carbonyl (C=O) groups excluding carboxylic acids is 1. The van der Waals surface area contributed by atoms with Gasteiger partial charge in [0.15, 0.2) is 0 Å². The predicted octanol–water partition coefficient (Wildman–Crippen LogP) is 4.13. The molecule has 0 aliphatic carbocycles. The van der Waals surface area contributed by atoms with E-state index in [1.165, 1.54) is 5.56 Å². The summed E-state index contributed by atoms with van der Waals surface area (Å²) in [6, 6.07) is 16.1. The highest BCUT2D eigenvalue weighted by molar-refractivity contribution is 7.98. The molecule has 4 nitrogen and oxygen atoms in total. The van der Waals surface area contributed by atoms with E-state index in [0.717, 1.165) is 23.3 Å². The van der Waals surface area contributed by atoms with Gasteiger partial charge >= 0.3 is 0 Å². The molecule has 5 heteroatoms. The number of rotatable bonds is 7. The number of ether oxygens (including phenoxy) is 1. The van der Waals surface area contributed by atoms with Crippen molar-refractivity contribution in [3.63, 3.8) is 0 Å². The van der Waals surface area contributed by atoms with Gasteiger partial charge < -0.3 is 9.64 Å². The highest BCUT2D eigenvalue weighted by Gasteiger charge is 2.31. The number of carbonyl (C=O) groups is 1.